The smallest absolute Gasteiger partial charge is 0.220 e. The highest BCUT2D eigenvalue weighted by atomic mass is 19.1. The van der Waals surface area contributed by atoms with Crippen molar-refractivity contribution in [2.24, 2.45) is 0 Å². The Morgan fingerprint density at radius 3 is 2.62 bits per heavy atom. The number of benzene rings is 2. The minimum absolute atomic E-state index is 0.0266. The van der Waals surface area contributed by atoms with Gasteiger partial charge in [-0.25, -0.2) is 4.39 Å². The van der Waals surface area contributed by atoms with Crippen molar-refractivity contribution in [2.45, 2.75) is 24.8 Å². The Kier molecular flexibility index (Phi) is 3.73. The monoisotopic (exact) mass is 320 g/mol. The third kappa shape index (κ3) is 2.64. The van der Waals surface area contributed by atoms with E-state index >= 15 is 0 Å². The molecule has 0 bridgehead atoms. The zero-order valence-electron chi connectivity index (χ0n) is 13.1. The standard InChI is InChI=1S/C20H17FN2O/c21-15-7-5-14(6-8-15)19(17-9-10-18(24)23-17)20-16-4-2-1-3-13(16)11-12-22-20/h1-8,11-12,17,19H,9-10H2,(H,23,24)/t17-,19-/m1/s1. The first-order valence-electron chi connectivity index (χ1n) is 8.11. The van der Waals surface area contributed by atoms with Gasteiger partial charge in [-0.1, -0.05) is 36.4 Å². The summed E-state index contributed by atoms with van der Waals surface area (Å²) in [5, 5.41) is 5.23. The van der Waals surface area contributed by atoms with Gasteiger partial charge in [0.2, 0.25) is 5.91 Å². The number of pyridine rings is 1. The fraction of sp³-hybridized carbons (Fsp3) is 0.200. The summed E-state index contributed by atoms with van der Waals surface area (Å²) in [7, 11) is 0. The van der Waals surface area contributed by atoms with Crippen molar-refractivity contribution >= 4 is 16.7 Å². The molecule has 1 aliphatic heterocycles. The average Bonchev–Trinajstić information content (AvgIpc) is 3.03. The molecule has 0 unspecified atom stereocenters. The van der Waals surface area contributed by atoms with E-state index in [-0.39, 0.29) is 23.7 Å². The van der Waals surface area contributed by atoms with Crippen LogP contribution < -0.4 is 5.32 Å². The number of rotatable bonds is 3. The summed E-state index contributed by atoms with van der Waals surface area (Å²) in [6.45, 7) is 0. The normalized spacial score (nSPS) is 18.5. The number of nitrogens with zero attached hydrogens (tertiary/aromatic N) is 1. The number of halogens is 1. The van der Waals surface area contributed by atoms with Crippen LogP contribution in [0.5, 0.6) is 0 Å². The maximum Gasteiger partial charge on any atom is 0.220 e. The number of hydrogen-bond acceptors (Lipinski definition) is 2. The van der Waals surface area contributed by atoms with E-state index in [1.165, 1.54) is 12.1 Å². The molecular weight excluding hydrogens is 303 g/mol. The van der Waals surface area contributed by atoms with E-state index in [1.807, 2.05) is 24.3 Å². The van der Waals surface area contributed by atoms with Gasteiger partial charge in [0, 0.05) is 30.0 Å². The predicted molar refractivity (Wildman–Crippen MR) is 91.2 cm³/mol. The van der Waals surface area contributed by atoms with Crippen molar-refractivity contribution in [3.63, 3.8) is 0 Å². The van der Waals surface area contributed by atoms with Gasteiger partial charge in [0.15, 0.2) is 0 Å². The quantitative estimate of drug-likeness (QED) is 0.798. The molecule has 0 spiro atoms. The first-order chi connectivity index (χ1) is 11.7. The molecule has 1 N–H and O–H groups in total. The molecule has 4 rings (SSSR count). The summed E-state index contributed by atoms with van der Waals surface area (Å²) in [5.74, 6) is -0.297. The molecule has 1 aliphatic rings. The number of carbonyl (C=O) groups is 1. The van der Waals surface area contributed by atoms with Gasteiger partial charge in [-0.3, -0.25) is 9.78 Å². The largest absolute Gasteiger partial charge is 0.352 e. The molecule has 1 amide bonds. The maximum absolute atomic E-state index is 13.4. The number of aromatic nitrogens is 1. The van der Waals surface area contributed by atoms with E-state index in [0.717, 1.165) is 28.5 Å². The molecule has 3 aromatic rings. The van der Waals surface area contributed by atoms with E-state index in [2.05, 4.69) is 16.4 Å². The Balaban J connectivity index is 1.88. The van der Waals surface area contributed by atoms with Gasteiger partial charge < -0.3 is 5.32 Å². The molecule has 0 aliphatic carbocycles. The Labute approximate surface area is 139 Å². The molecule has 4 heteroatoms. The molecule has 1 fully saturated rings. The Bertz CT molecular complexity index is 886. The second-order valence-electron chi connectivity index (χ2n) is 6.16. The Hall–Kier alpha value is -2.75. The van der Waals surface area contributed by atoms with Gasteiger partial charge >= 0.3 is 0 Å². The molecule has 2 atom stereocenters. The summed E-state index contributed by atoms with van der Waals surface area (Å²) in [6.07, 6.45) is 3.07. The summed E-state index contributed by atoms with van der Waals surface area (Å²) in [4.78, 5) is 16.4. The van der Waals surface area contributed by atoms with Gasteiger partial charge in [0.1, 0.15) is 5.82 Å². The zero-order chi connectivity index (χ0) is 16.5. The summed E-state index contributed by atoms with van der Waals surface area (Å²) >= 11 is 0. The lowest BCUT2D eigenvalue weighted by atomic mass is 9.85. The highest BCUT2D eigenvalue weighted by molar-refractivity contribution is 5.85. The van der Waals surface area contributed by atoms with Gasteiger partial charge in [-0.2, -0.15) is 0 Å². The number of fused-ring (bicyclic) bond motifs is 1. The SMILES string of the molecule is O=C1CC[C@H]([C@@H](c2ccc(F)cc2)c2nccc3ccccc23)N1. The van der Waals surface area contributed by atoms with Crippen molar-refractivity contribution < 1.29 is 9.18 Å². The lowest BCUT2D eigenvalue weighted by Crippen LogP contribution is -2.32. The van der Waals surface area contributed by atoms with E-state index in [4.69, 9.17) is 0 Å². The van der Waals surface area contributed by atoms with Crippen LogP contribution in [0.3, 0.4) is 0 Å². The molecule has 0 saturated carbocycles. The van der Waals surface area contributed by atoms with Crippen LogP contribution in [0, 0.1) is 5.82 Å². The Morgan fingerprint density at radius 1 is 1.08 bits per heavy atom. The van der Waals surface area contributed by atoms with E-state index in [0.29, 0.717) is 6.42 Å². The van der Waals surface area contributed by atoms with Crippen molar-refractivity contribution in [1.29, 1.82) is 0 Å². The summed E-state index contributed by atoms with van der Waals surface area (Å²) in [5.41, 5.74) is 1.89. The van der Waals surface area contributed by atoms with Crippen molar-refractivity contribution in [3.05, 3.63) is 77.9 Å². The van der Waals surface area contributed by atoms with E-state index in [1.54, 1.807) is 18.3 Å². The van der Waals surface area contributed by atoms with Crippen molar-refractivity contribution in [3.8, 4) is 0 Å². The second kappa shape index (κ2) is 6.04. The highest BCUT2D eigenvalue weighted by Crippen LogP contribution is 2.35. The number of amides is 1. The molecule has 0 radical (unpaired) electrons. The fourth-order valence-corrected chi connectivity index (χ4v) is 3.53. The lowest BCUT2D eigenvalue weighted by molar-refractivity contribution is -0.119. The van der Waals surface area contributed by atoms with Crippen LogP contribution in [0.15, 0.2) is 60.8 Å². The van der Waals surface area contributed by atoms with Crippen molar-refractivity contribution in [1.82, 2.24) is 10.3 Å². The highest BCUT2D eigenvalue weighted by Gasteiger charge is 2.32. The third-order valence-corrected chi connectivity index (χ3v) is 4.66. The Morgan fingerprint density at radius 2 is 1.88 bits per heavy atom. The lowest BCUT2D eigenvalue weighted by Gasteiger charge is -2.25. The van der Waals surface area contributed by atoms with Gasteiger partial charge in [-0.15, -0.1) is 0 Å². The van der Waals surface area contributed by atoms with Crippen molar-refractivity contribution in [2.75, 3.05) is 0 Å². The van der Waals surface area contributed by atoms with Gasteiger partial charge in [0.25, 0.3) is 0 Å². The third-order valence-electron chi connectivity index (χ3n) is 4.66. The van der Waals surface area contributed by atoms with Gasteiger partial charge in [-0.05, 0) is 35.6 Å². The van der Waals surface area contributed by atoms with Crippen LogP contribution in [0.2, 0.25) is 0 Å². The number of hydrogen-bond donors (Lipinski definition) is 1. The van der Waals surface area contributed by atoms with Gasteiger partial charge in [0.05, 0.1) is 5.69 Å². The van der Waals surface area contributed by atoms with E-state index in [9.17, 15) is 9.18 Å². The molecule has 120 valence electrons. The molecule has 3 nitrogen and oxygen atoms in total. The van der Waals surface area contributed by atoms with E-state index < -0.39 is 0 Å². The molecule has 1 saturated heterocycles. The predicted octanol–water partition coefficient (Wildman–Crippen LogP) is 3.78. The van der Waals surface area contributed by atoms with Crippen LogP contribution in [-0.4, -0.2) is 16.9 Å². The second-order valence-corrected chi connectivity index (χ2v) is 6.16. The first-order valence-corrected chi connectivity index (χ1v) is 8.11. The van der Waals surface area contributed by atoms with Crippen LogP contribution in [0.25, 0.3) is 10.8 Å². The summed E-state index contributed by atoms with van der Waals surface area (Å²) in [6, 6.07) is 16.5. The van der Waals surface area contributed by atoms with Crippen LogP contribution in [0.1, 0.15) is 30.0 Å². The number of carbonyl (C=O) groups excluding carboxylic acids is 1. The number of nitrogens with one attached hydrogen (secondary N) is 1. The molecular formula is C20H17FN2O. The molecule has 2 aromatic carbocycles. The molecule has 24 heavy (non-hydrogen) atoms. The maximum atomic E-state index is 13.4. The van der Waals surface area contributed by atoms with Crippen LogP contribution in [0.4, 0.5) is 4.39 Å². The topological polar surface area (TPSA) is 42.0 Å². The first kappa shape index (κ1) is 14.8. The molecule has 2 heterocycles. The minimum atomic E-state index is -0.265. The molecule has 1 aromatic heterocycles. The summed E-state index contributed by atoms with van der Waals surface area (Å²) < 4.78 is 13.4. The average molecular weight is 320 g/mol. The van der Waals surface area contributed by atoms with Crippen LogP contribution >= 0.6 is 0 Å². The zero-order valence-corrected chi connectivity index (χ0v) is 13.1. The minimum Gasteiger partial charge on any atom is -0.352 e. The fourth-order valence-electron chi connectivity index (χ4n) is 3.53. The van der Waals surface area contributed by atoms with Crippen LogP contribution in [-0.2, 0) is 4.79 Å².